The quantitative estimate of drug-likeness (QED) is 0.606. The Hall–Kier alpha value is -1.59. The number of rotatable bonds is 3. The Morgan fingerprint density at radius 1 is 1.35 bits per heavy atom. The number of Topliss-reactive ketones (excluding diaryl/α,β-unsaturated/α-hetero) is 1. The predicted octanol–water partition coefficient (Wildman–Crippen LogP) is 3.45. The molecule has 0 fully saturated rings. The highest BCUT2D eigenvalue weighted by molar-refractivity contribution is 5.96. The van der Waals surface area contributed by atoms with Gasteiger partial charge in [0.2, 0.25) is 0 Å². The molecule has 0 aromatic heterocycles. The standard InChI is InChI=1S/C11H10F4O2/c1-3-17-8-5-4-7(12)9(6(2)16)10(8)11(13,14)15/h4-5H,3H2,1-2H3. The first-order valence-corrected chi connectivity index (χ1v) is 4.82. The van der Waals surface area contributed by atoms with Gasteiger partial charge >= 0.3 is 6.18 Å². The van der Waals surface area contributed by atoms with Gasteiger partial charge in [0.25, 0.3) is 0 Å². The molecule has 0 saturated carbocycles. The average Bonchev–Trinajstić information content (AvgIpc) is 2.18. The van der Waals surface area contributed by atoms with Gasteiger partial charge in [0.15, 0.2) is 5.78 Å². The molecule has 0 atom stereocenters. The van der Waals surface area contributed by atoms with Crippen molar-refractivity contribution in [3.8, 4) is 5.75 Å². The molecule has 0 N–H and O–H groups in total. The summed E-state index contributed by atoms with van der Waals surface area (Å²) in [5.74, 6) is -2.73. The maximum absolute atomic E-state index is 13.3. The van der Waals surface area contributed by atoms with Crippen molar-refractivity contribution in [1.82, 2.24) is 0 Å². The van der Waals surface area contributed by atoms with Gasteiger partial charge in [0.1, 0.15) is 17.1 Å². The van der Waals surface area contributed by atoms with Crippen molar-refractivity contribution in [2.75, 3.05) is 6.61 Å². The van der Waals surface area contributed by atoms with Crippen molar-refractivity contribution in [3.05, 3.63) is 29.1 Å². The third-order valence-corrected chi connectivity index (χ3v) is 2.05. The second-order valence-electron chi connectivity index (χ2n) is 3.28. The summed E-state index contributed by atoms with van der Waals surface area (Å²) in [5.41, 5.74) is -2.34. The van der Waals surface area contributed by atoms with Crippen LogP contribution in [0.25, 0.3) is 0 Å². The Morgan fingerprint density at radius 3 is 2.35 bits per heavy atom. The van der Waals surface area contributed by atoms with Gasteiger partial charge < -0.3 is 4.74 Å². The smallest absolute Gasteiger partial charge is 0.420 e. The van der Waals surface area contributed by atoms with Crippen LogP contribution in [-0.2, 0) is 6.18 Å². The molecule has 94 valence electrons. The maximum Gasteiger partial charge on any atom is 0.420 e. The van der Waals surface area contributed by atoms with Crippen LogP contribution in [0.4, 0.5) is 17.6 Å². The predicted molar refractivity (Wildman–Crippen MR) is 52.6 cm³/mol. The van der Waals surface area contributed by atoms with Gasteiger partial charge in [0.05, 0.1) is 12.2 Å². The third-order valence-electron chi connectivity index (χ3n) is 2.05. The number of alkyl halides is 3. The van der Waals surface area contributed by atoms with E-state index < -0.39 is 34.7 Å². The summed E-state index contributed by atoms with van der Waals surface area (Å²) in [6, 6.07) is 1.66. The SMILES string of the molecule is CCOc1ccc(F)c(C(C)=O)c1C(F)(F)F. The molecule has 0 aliphatic carbocycles. The topological polar surface area (TPSA) is 26.3 Å². The number of hydrogen-bond donors (Lipinski definition) is 0. The number of halogens is 4. The Balaban J connectivity index is 3.56. The van der Waals surface area contributed by atoms with Crippen LogP contribution in [0.1, 0.15) is 29.8 Å². The van der Waals surface area contributed by atoms with Crippen LogP contribution in [-0.4, -0.2) is 12.4 Å². The minimum atomic E-state index is -4.84. The number of ether oxygens (including phenoxy) is 1. The first-order chi connectivity index (χ1) is 7.79. The lowest BCUT2D eigenvalue weighted by molar-refractivity contribution is -0.139. The second-order valence-corrected chi connectivity index (χ2v) is 3.28. The molecule has 17 heavy (non-hydrogen) atoms. The highest BCUT2D eigenvalue weighted by Gasteiger charge is 2.39. The molecule has 0 aliphatic rings. The van der Waals surface area contributed by atoms with E-state index >= 15 is 0 Å². The van der Waals surface area contributed by atoms with Crippen molar-refractivity contribution >= 4 is 5.78 Å². The summed E-state index contributed by atoms with van der Waals surface area (Å²) in [6.07, 6.45) is -4.84. The Kier molecular flexibility index (Phi) is 3.75. The van der Waals surface area contributed by atoms with Crippen LogP contribution in [0.15, 0.2) is 12.1 Å². The molecule has 6 heteroatoms. The Bertz CT molecular complexity index is 438. The lowest BCUT2D eigenvalue weighted by Crippen LogP contribution is -2.16. The van der Waals surface area contributed by atoms with E-state index in [9.17, 15) is 22.4 Å². The van der Waals surface area contributed by atoms with E-state index in [-0.39, 0.29) is 6.61 Å². The van der Waals surface area contributed by atoms with Gasteiger partial charge in [-0.1, -0.05) is 0 Å². The third kappa shape index (κ3) is 2.75. The lowest BCUT2D eigenvalue weighted by atomic mass is 10.0. The molecule has 0 aliphatic heterocycles. The van der Waals surface area contributed by atoms with E-state index in [1.54, 1.807) is 0 Å². The molecule has 0 spiro atoms. The van der Waals surface area contributed by atoms with Crippen molar-refractivity contribution in [1.29, 1.82) is 0 Å². The minimum Gasteiger partial charge on any atom is -0.493 e. The number of hydrogen-bond acceptors (Lipinski definition) is 2. The molecule has 0 saturated heterocycles. The van der Waals surface area contributed by atoms with Crippen molar-refractivity contribution < 1.29 is 27.1 Å². The summed E-state index contributed by atoms with van der Waals surface area (Å²) in [7, 11) is 0. The minimum absolute atomic E-state index is 0.00788. The molecule has 0 unspecified atom stereocenters. The fourth-order valence-electron chi connectivity index (χ4n) is 1.46. The fourth-order valence-corrected chi connectivity index (χ4v) is 1.46. The molecule has 0 heterocycles. The van der Waals surface area contributed by atoms with E-state index in [4.69, 9.17) is 4.74 Å². The molecular weight excluding hydrogens is 240 g/mol. The Labute approximate surface area is 95.2 Å². The zero-order valence-electron chi connectivity index (χ0n) is 9.19. The van der Waals surface area contributed by atoms with E-state index in [1.165, 1.54) is 6.92 Å². The normalized spacial score (nSPS) is 11.4. The zero-order chi connectivity index (χ0) is 13.2. The van der Waals surface area contributed by atoms with Crippen LogP contribution in [0, 0.1) is 5.82 Å². The van der Waals surface area contributed by atoms with E-state index in [2.05, 4.69) is 0 Å². The first-order valence-electron chi connectivity index (χ1n) is 4.82. The molecule has 1 aromatic rings. The van der Waals surface area contributed by atoms with Gasteiger partial charge in [-0.3, -0.25) is 4.79 Å². The van der Waals surface area contributed by atoms with E-state index in [0.29, 0.717) is 0 Å². The molecule has 2 nitrogen and oxygen atoms in total. The van der Waals surface area contributed by atoms with Gasteiger partial charge in [-0.15, -0.1) is 0 Å². The molecule has 0 radical (unpaired) electrons. The van der Waals surface area contributed by atoms with Crippen LogP contribution < -0.4 is 4.74 Å². The zero-order valence-corrected chi connectivity index (χ0v) is 9.19. The van der Waals surface area contributed by atoms with Crippen LogP contribution >= 0.6 is 0 Å². The average molecular weight is 250 g/mol. The maximum atomic E-state index is 13.3. The molecular formula is C11H10F4O2. The van der Waals surface area contributed by atoms with Crippen molar-refractivity contribution in [2.45, 2.75) is 20.0 Å². The number of carbonyl (C=O) groups is 1. The summed E-state index contributed by atoms with van der Waals surface area (Å²) < 4.78 is 56.4. The number of carbonyl (C=O) groups excluding carboxylic acids is 1. The van der Waals surface area contributed by atoms with Crippen LogP contribution in [0.2, 0.25) is 0 Å². The second kappa shape index (κ2) is 4.73. The number of ketones is 1. The molecule has 0 bridgehead atoms. The van der Waals surface area contributed by atoms with Gasteiger partial charge in [0, 0.05) is 0 Å². The fraction of sp³-hybridized carbons (Fsp3) is 0.364. The van der Waals surface area contributed by atoms with Crippen molar-refractivity contribution in [2.24, 2.45) is 0 Å². The summed E-state index contributed by atoms with van der Waals surface area (Å²) >= 11 is 0. The highest BCUT2D eigenvalue weighted by Crippen LogP contribution is 2.39. The highest BCUT2D eigenvalue weighted by atomic mass is 19.4. The molecule has 1 rings (SSSR count). The molecule has 0 amide bonds. The summed E-state index contributed by atoms with van der Waals surface area (Å²) in [5, 5.41) is 0. The Morgan fingerprint density at radius 2 is 1.94 bits per heavy atom. The monoisotopic (exact) mass is 250 g/mol. The van der Waals surface area contributed by atoms with E-state index in [0.717, 1.165) is 19.1 Å². The number of benzene rings is 1. The van der Waals surface area contributed by atoms with E-state index in [1.807, 2.05) is 0 Å². The molecule has 1 aromatic carbocycles. The van der Waals surface area contributed by atoms with Crippen LogP contribution in [0.5, 0.6) is 5.75 Å². The summed E-state index contributed by atoms with van der Waals surface area (Å²) in [6.45, 7) is 2.37. The van der Waals surface area contributed by atoms with Gasteiger partial charge in [-0.2, -0.15) is 13.2 Å². The van der Waals surface area contributed by atoms with Crippen LogP contribution in [0.3, 0.4) is 0 Å². The lowest BCUT2D eigenvalue weighted by Gasteiger charge is -2.16. The summed E-state index contributed by atoms with van der Waals surface area (Å²) in [4.78, 5) is 11.1. The van der Waals surface area contributed by atoms with Crippen molar-refractivity contribution in [3.63, 3.8) is 0 Å². The van der Waals surface area contributed by atoms with Gasteiger partial charge in [-0.25, -0.2) is 4.39 Å². The first kappa shape index (κ1) is 13.5. The van der Waals surface area contributed by atoms with Gasteiger partial charge in [-0.05, 0) is 26.0 Å². The largest absolute Gasteiger partial charge is 0.493 e.